The Bertz CT molecular complexity index is 271. The van der Waals surface area contributed by atoms with Gasteiger partial charge >= 0.3 is 0 Å². The first-order valence-electron chi connectivity index (χ1n) is 3.94. The van der Waals surface area contributed by atoms with Crippen LogP contribution < -0.4 is 10.5 Å². The third kappa shape index (κ3) is 1.89. The van der Waals surface area contributed by atoms with Gasteiger partial charge in [-0.15, -0.1) is 0 Å². The number of anilines is 1. The van der Waals surface area contributed by atoms with E-state index >= 15 is 0 Å². The first-order valence-corrected chi connectivity index (χ1v) is 3.94. The van der Waals surface area contributed by atoms with Gasteiger partial charge in [0.1, 0.15) is 18.5 Å². The Balaban J connectivity index is 1.92. The molecule has 0 amide bonds. The quantitative estimate of drug-likeness (QED) is 0.538. The Kier molecular flexibility index (Phi) is 1.87. The maximum Gasteiger partial charge on any atom is 0.121 e. The van der Waals surface area contributed by atoms with E-state index in [0.717, 1.165) is 18.0 Å². The molecule has 1 saturated heterocycles. The Hall–Kier alpha value is -1.22. The predicted molar refractivity (Wildman–Crippen MR) is 46.1 cm³/mol. The lowest BCUT2D eigenvalue weighted by atomic mass is 10.3. The van der Waals surface area contributed by atoms with Crippen molar-refractivity contribution in [2.24, 2.45) is 0 Å². The van der Waals surface area contributed by atoms with Crippen molar-refractivity contribution in [2.75, 3.05) is 18.9 Å². The Morgan fingerprint density at radius 3 is 3.08 bits per heavy atom. The van der Waals surface area contributed by atoms with Gasteiger partial charge in [-0.2, -0.15) is 0 Å². The molecule has 1 fully saturated rings. The van der Waals surface area contributed by atoms with Crippen LogP contribution in [0.3, 0.4) is 0 Å². The predicted octanol–water partition coefficient (Wildman–Crippen LogP) is 1.05. The average molecular weight is 165 g/mol. The van der Waals surface area contributed by atoms with Gasteiger partial charge in [0.15, 0.2) is 0 Å². The average Bonchev–Trinajstić information content (AvgIpc) is 2.84. The van der Waals surface area contributed by atoms with E-state index in [-0.39, 0.29) is 0 Å². The monoisotopic (exact) mass is 165 g/mol. The number of nitrogens with two attached hydrogens (primary N) is 1. The van der Waals surface area contributed by atoms with Crippen LogP contribution in [0.15, 0.2) is 24.3 Å². The van der Waals surface area contributed by atoms with Crippen LogP contribution in [-0.4, -0.2) is 19.3 Å². The van der Waals surface area contributed by atoms with E-state index in [0.29, 0.717) is 12.7 Å². The van der Waals surface area contributed by atoms with Gasteiger partial charge in [0.25, 0.3) is 0 Å². The van der Waals surface area contributed by atoms with Crippen molar-refractivity contribution in [3.05, 3.63) is 24.3 Å². The van der Waals surface area contributed by atoms with E-state index in [1.807, 2.05) is 24.3 Å². The normalized spacial score (nSPS) is 20.5. The molecule has 0 aromatic heterocycles. The molecule has 3 heteroatoms. The minimum atomic E-state index is 0.298. The SMILES string of the molecule is Nc1cccc(OC[C@@H]2CO2)c1. The largest absolute Gasteiger partial charge is 0.491 e. The topological polar surface area (TPSA) is 47.8 Å². The molecular formula is C9H11NO2. The molecule has 0 aliphatic carbocycles. The van der Waals surface area contributed by atoms with E-state index < -0.39 is 0 Å². The molecule has 2 rings (SSSR count). The first-order chi connectivity index (χ1) is 5.84. The molecule has 1 aromatic carbocycles. The number of hydrogen-bond acceptors (Lipinski definition) is 3. The zero-order valence-corrected chi connectivity index (χ0v) is 6.69. The summed E-state index contributed by atoms with van der Waals surface area (Å²) in [4.78, 5) is 0. The third-order valence-corrected chi connectivity index (χ3v) is 1.70. The van der Waals surface area contributed by atoms with Crippen LogP contribution in [0.1, 0.15) is 0 Å². The minimum absolute atomic E-state index is 0.298. The van der Waals surface area contributed by atoms with Crippen LogP contribution in [-0.2, 0) is 4.74 Å². The van der Waals surface area contributed by atoms with E-state index in [1.54, 1.807) is 0 Å². The highest BCUT2D eigenvalue weighted by molar-refractivity contribution is 5.43. The summed E-state index contributed by atoms with van der Waals surface area (Å²) < 4.78 is 10.4. The summed E-state index contributed by atoms with van der Waals surface area (Å²) in [5.74, 6) is 0.811. The van der Waals surface area contributed by atoms with Crippen LogP contribution in [0.2, 0.25) is 0 Å². The van der Waals surface area contributed by atoms with E-state index in [2.05, 4.69) is 0 Å². The van der Waals surface area contributed by atoms with E-state index in [1.165, 1.54) is 0 Å². The zero-order chi connectivity index (χ0) is 8.39. The van der Waals surface area contributed by atoms with Crippen molar-refractivity contribution >= 4 is 5.69 Å². The second kappa shape index (κ2) is 3.03. The van der Waals surface area contributed by atoms with Gasteiger partial charge < -0.3 is 15.2 Å². The molecular weight excluding hydrogens is 154 g/mol. The molecule has 1 aliphatic heterocycles. The molecule has 1 aromatic rings. The van der Waals surface area contributed by atoms with Gasteiger partial charge in [-0.3, -0.25) is 0 Å². The van der Waals surface area contributed by atoms with Crippen LogP contribution >= 0.6 is 0 Å². The fraction of sp³-hybridized carbons (Fsp3) is 0.333. The summed E-state index contributed by atoms with van der Waals surface area (Å²) in [7, 11) is 0. The molecule has 1 heterocycles. The Morgan fingerprint density at radius 2 is 2.42 bits per heavy atom. The van der Waals surface area contributed by atoms with E-state index in [4.69, 9.17) is 15.2 Å². The molecule has 0 spiro atoms. The van der Waals surface area contributed by atoms with Crippen LogP contribution in [0.25, 0.3) is 0 Å². The molecule has 3 nitrogen and oxygen atoms in total. The maximum absolute atomic E-state index is 5.57. The maximum atomic E-state index is 5.57. The number of epoxide rings is 1. The van der Waals surface area contributed by atoms with Crippen molar-refractivity contribution < 1.29 is 9.47 Å². The van der Waals surface area contributed by atoms with Crippen molar-refractivity contribution in [1.29, 1.82) is 0 Å². The standard InChI is InChI=1S/C9H11NO2/c10-7-2-1-3-8(4-7)11-5-9-6-12-9/h1-4,9H,5-6,10H2/t9-/m1/s1. The molecule has 0 bridgehead atoms. The highest BCUT2D eigenvalue weighted by atomic mass is 16.6. The highest BCUT2D eigenvalue weighted by Gasteiger charge is 2.22. The molecule has 0 saturated carbocycles. The zero-order valence-electron chi connectivity index (χ0n) is 6.69. The summed E-state index contributed by atoms with van der Waals surface area (Å²) in [6.07, 6.45) is 0.298. The number of benzene rings is 1. The fourth-order valence-electron chi connectivity index (χ4n) is 0.958. The lowest BCUT2D eigenvalue weighted by molar-refractivity contribution is 0.263. The van der Waals surface area contributed by atoms with Gasteiger partial charge in [0.05, 0.1) is 6.61 Å². The summed E-state index contributed by atoms with van der Waals surface area (Å²) >= 11 is 0. The second-order valence-electron chi connectivity index (χ2n) is 2.84. The molecule has 64 valence electrons. The lowest BCUT2D eigenvalue weighted by Crippen LogP contribution is -2.03. The van der Waals surface area contributed by atoms with Crippen molar-refractivity contribution in [3.63, 3.8) is 0 Å². The smallest absolute Gasteiger partial charge is 0.121 e. The van der Waals surface area contributed by atoms with Crippen LogP contribution in [0.4, 0.5) is 5.69 Å². The van der Waals surface area contributed by atoms with Gasteiger partial charge in [-0.05, 0) is 12.1 Å². The molecule has 1 atom stereocenters. The number of nitrogen functional groups attached to an aromatic ring is 1. The Labute approximate surface area is 71.1 Å². The molecule has 12 heavy (non-hydrogen) atoms. The lowest BCUT2D eigenvalue weighted by Gasteiger charge is -2.03. The minimum Gasteiger partial charge on any atom is -0.491 e. The van der Waals surface area contributed by atoms with Crippen molar-refractivity contribution in [2.45, 2.75) is 6.10 Å². The molecule has 2 N–H and O–H groups in total. The number of rotatable bonds is 3. The first kappa shape index (κ1) is 7.43. The Morgan fingerprint density at radius 1 is 1.58 bits per heavy atom. The third-order valence-electron chi connectivity index (χ3n) is 1.70. The van der Waals surface area contributed by atoms with Crippen molar-refractivity contribution in [3.8, 4) is 5.75 Å². The number of ether oxygens (including phenoxy) is 2. The number of hydrogen-bond donors (Lipinski definition) is 1. The van der Waals surface area contributed by atoms with Gasteiger partial charge in [0, 0.05) is 11.8 Å². The van der Waals surface area contributed by atoms with Crippen LogP contribution in [0, 0.1) is 0 Å². The van der Waals surface area contributed by atoms with Gasteiger partial charge in [0.2, 0.25) is 0 Å². The van der Waals surface area contributed by atoms with Crippen LogP contribution in [0.5, 0.6) is 5.75 Å². The molecule has 1 aliphatic rings. The second-order valence-corrected chi connectivity index (χ2v) is 2.84. The van der Waals surface area contributed by atoms with E-state index in [9.17, 15) is 0 Å². The highest BCUT2D eigenvalue weighted by Crippen LogP contribution is 2.17. The summed E-state index contributed by atoms with van der Waals surface area (Å²) in [6, 6.07) is 7.40. The molecule has 0 radical (unpaired) electrons. The summed E-state index contributed by atoms with van der Waals surface area (Å²) in [6.45, 7) is 1.45. The molecule has 0 unspecified atom stereocenters. The fourth-order valence-corrected chi connectivity index (χ4v) is 0.958. The summed E-state index contributed by atoms with van der Waals surface area (Å²) in [5, 5.41) is 0. The van der Waals surface area contributed by atoms with Gasteiger partial charge in [-0.1, -0.05) is 6.07 Å². The van der Waals surface area contributed by atoms with Crippen molar-refractivity contribution in [1.82, 2.24) is 0 Å². The summed E-state index contributed by atoms with van der Waals surface area (Å²) in [5.41, 5.74) is 6.30. The van der Waals surface area contributed by atoms with Gasteiger partial charge in [-0.25, -0.2) is 0 Å².